The van der Waals surface area contributed by atoms with Crippen molar-refractivity contribution in [2.24, 2.45) is 5.41 Å². The number of rotatable bonds is 2. The fraction of sp³-hybridized carbons (Fsp3) is 0.556. The van der Waals surface area contributed by atoms with Gasteiger partial charge in [0.05, 0.1) is 53.2 Å². The van der Waals surface area contributed by atoms with E-state index in [0.29, 0.717) is 48.3 Å². The Morgan fingerprint density at radius 2 is 1.83 bits per heavy atom. The van der Waals surface area contributed by atoms with Gasteiger partial charge in [0.25, 0.3) is 0 Å². The zero-order chi connectivity index (χ0) is 32.5. The number of phenols is 2. The minimum absolute atomic E-state index is 0.0315. The molecule has 2 spiro atoms. The smallest absolute Gasteiger partial charge is 0.308 e. The van der Waals surface area contributed by atoms with Crippen LogP contribution in [0.2, 0.25) is 0 Å². The van der Waals surface area contributed by atoms with Crippen LogP contribution in [0.3, 0.4) is 0 Å². The van der Waals surface area contributed by atoms with Crippen LogP contribution < -0.4 is 14.5 Å². The molecule has 0 aromatic heterocycles. The molecule has 7 aliphatic heterocycles. The highest BCUT2D eigenvalue weighted by molar-refractivity contribution is 6.02. The summed E-state index contributed by atoms with van der Waals surface area (Å²) < 4.78 is 12.8. The predicted octanol–water partition coefficient (Wildman–Crippen LogP) is 2.68. The van der Waals surface area contributed by atoms with Crippen molar-refractivity contribution in [2.45, 2.75) is 79.3 Å². The number of phenolic OH excluding ortho intramolecular Hbond substituents is 2. The number of esters is 1. The number of aromatic hydroxyl groups is 2. The van der Waals surface area contributed by atoms with E-state index in [9.17, 15) is 24.9 Å². The average molecular weight is 641 g/mol. The summed E-state index contributed by atoms with van der Waals surface area (Å²) in [4.78, 5) is 35.3. The van der Waals surface area contributed by atoms with E-state index in [4.69, 9.17) is 9.47 Å². The van der Waals surface area contributed by atoms with Gasteiger partial charge < -0.3 is 29.7 Å². The maximum absolute atomic E-state index is 13.8. The van der Waals surface area contributed by atoms with Crippen LogP contribution >= 0.6 is 0 Å². The van der Waals surface area contributed by atoms with Gasteiger partial charge in [0.1, 0.15) is 5.75 Å². The molecular formula is C36H40N4O7. The van der Waals surface area contributed by atoms with E-state index >= 15 is 0 Å². The molecule has 2 aromatic carbocycles. The van der Waals surface area contributed by atoms with Crippen molar-refractivity contribution < 1.29 is 34.4 Å². The van der Waals surface area contributed by atoms with Crippen molar-refractivity contribution >= 4 is 23.3 Å². The number of likely N-dealkylation sites (N-methyl/N-ethyl adjacent to an activating group) is 2. The molecule has 8 aliphatic rings. The third-order valence-electron chi connectivity index (χ3n) is 13.9. The first kappa shape index (κ1) is 28.2. The van der Waals surface area contributed by atoms with E-state index in [2.05, 4.69) is 32.9 Å². The van der Waals surface area contributed by atoms with Gasteiger partial charge in [-0.2, -0.15) is 0 Å². The molecule has 0 saturated carbocycles. The van der Waals surface area contributed by atoms with E-state index in [-0.39, 0.29) is 41.6 Å². The van der Waals surface area contributed by atoms with Crippen LogP contribution in [0.15, 0.2) is 36.4 Å². The molecule has 1 unspecified atom stereocenters. The number of piperidine rings is 3. The number of methoxy groups -OCH3 is 1. The first-order valence-corrected chi connectivity index (χ1v) is 17.0. The Kier molecular flexibility index (Phi) is 5.06. The van der Waals surface area contributed by atoms with Crippen LogP contribution in [0.1, 0.15) is 61.6 Å². The summed E-state index contributed by atoms with van der Waals surface area (Å²) in [6, 6.07) is 6.68. The number of amides is 1. The minimum atomic E-state index is -1.77. The van der Waals surface area contributed by atoms with Crippen LogP contribution in [0.25, 0.3) is 0 Å². The fourth-order valence-electron chi connectivity index (χ4n) is 12.4. The molecular weight excluding hydrogens is 600 g/mol. The zero-order valence-corrected chi connectivity index (χ0v) is 27.0. The topological polar surface area (TPSA) is 126 Å². The van der Waals surface area contributed by atoms with Gasteiger partial charge in [0.15, 0.2) is 22.9 Å². The Balaban J connectivity index is 1.31. The van der Waals surface area contributed by atoms with Crippen molar-refractivity contribution in [3.8, 4) is 17.2 Å². The first-order valence-electron chi connectivity index (χ1n) is 17.0. The highest BCUT2D eigenvalue weighted by Crippen LogP contribution is 2.74. The summed E-state index contributed by atoms with van der Waals surface area (Å²) in [6.45, 7) is 2.19. The third kappa shape index (κ3) is 2.62. The van der Waals surface area contributed by atoms with Crippen molar-refractivity contribution in [1.29, 1.82) is 0 Å². The number of hydrogen-bond acceptors (Lipinski definition) is 10. The lowest BCUT2D eigenvalue weighted by atomic mass is 9.52. The monoisotopic (exact) mass is 640 g/mol. The van der Waals surface area contributed by atoms with Gasteiger partial charge >= 0.3 is 5.97 Å². The fourth-order valence-corrected chi connectivity index (χ4v) is 12.4. The molecule has 1 amide bonds. The van der Waals surface area contributed by atoms with E-state index in [0.717, 1.165) is 37.9 Å². The second-order valence-corrected chi connectivity index (χ2v) is 15.2. The minimum Gasteiger partial charge on any atom is -0.506 e. The SMILES string of the molecule is COc1c([C@@]23CCN(C)C4CCC(=O)N(c5c(O)cccc52)[C@]43O)cc2c(c1O)N(C)[C@@H]1C=C[C@@]34CCCN5CC[C@@]21[C@]53OC(=O)C4. The summed E-state index contributed by atoms with van der Waals surface area (Å²) in [7, 11) is 5.48. The Hall–Kier alpha value is -3.80. The van der Waals surface area contributed by atoms with Crippen LogP contribution in [0, 0.1) is 5.41 Å². The molecule has 3 N–H and O–H groups in total. The molecule has 7 atom stereocenters. The summed E-state index contributed by atoms with van der Waals surface area (Å²) in [5.74, 6) is -0.307. The molecule has 1 aliphatic carbocycles. The van der Waals surface area contributed by atoms with Gasteiger partial charge in [0, 0.05) is 32.1 Å². The quantitative estimate of drug-likeness (QED) is 0.333. The maximum Gasteiger partial charge on any atom is 0.308 e. The predicted molar refractivity (Wildman–Crippen MR) is 171 cm³/mol. The Bertz CT molecular complexity index is 1860. The van der Waals surface area contributed by atoms with E-state index in [1.165, 1.54) is 12.0 Å². The summed E-state index contributed by atoms with van der Waals surface area (Å²) in [5.41, 5.74) is -2.04. The van der Waals surface area contributed by atoms with Crippen LogP contribution in [0.4, 0.5) is 11.4 Å². The van der Waals surface area contributed by atoms with Gasteiger partial charge in [-0.1, -0.05) is 24.3 Å². The van der Waals surface area contributed by atoms with Crippen molar-refractivity contribution in [3.63, 3.8) is 0 Å². The number of benzene rings is 2. The second kappa shape index (κ2) is 8.43. The van der Waals surface area contributed by atoms with E-state index in [1.54, 1.807) is 12.1 Å². The Labute approximate surface area is 272 Å². The molecule has 11 nitrogen and oxygen atoms in total. The van der Waals surface area contributed by atoms with Gasteiger partial charge in [-0.3, -0.25) is 24.3 Å². The molecule has 10 rings (SSSR count). The van der Waals surface area contributed by atoms with Gasteiger partial charge in [0.2, 0.25) is 5.91 Å². The molecule has 246 valence electrons. The largest absolute Gasteiger partial charge is 0.506 e. The lowest BCUT2D eigenvalue weighted by molar-refractivity contribution is -0.207. The lowest BCUT2D eigenvalue weighted by Crippen LogP contribution is -2.75. The highest BCUT2D eigenvalue weighted by Gasteiger charge is 2.81. The van der Waals surface area contributed by atoms with E-state index < -0.39 is 33.7 Å². The van der Waals surface area contributed by atoms with Crippen LogP contribution in [-0.4, -0.2) is 101 Å². The van der Waals surface area contributed by atoms with Gasteiger partial charge in [-0.25, -0.2) is 0 Å². The maximum atomic E-state index is 13.8. The number of para-hydroxylation sites is 1. The highest BCUT2D eigenvalue weighted by atomic mass is 16.6. The Morgan fingerprint density at radius 3 is 2.64 bits per heavy atom. The number of fused-ring (bicyclic) bond motifs is 4. The number of aliphatic hydroxyl groups is 1. The number of anilines is 2. The number of carbonyl (C=O) groups is 2. The molecule has 47 heavy (non-hydrogen) atoms. The standard InChI is InChI=1S/C36H40N4O7/c1-37-16-13-33(20-6-4-7-23(41)28(20)40-26(42)9-8-25(37)35(33,40)45)22-18-21-29(30(44)31(22)46-3)38(2)24-10-12-32-11-5-15-39-17-14-34(21,24)36(32,39)47-27(43)19-32/h4,6-7,10,12,18,24-25,41,44-45H,5,8-9,11,13-17,19H2,1-3H3/t24-,25?,32-,33-,34-,35+,36+/m1/s1. The number of hydrogen-bond donors (Lipinski definition) is 3. The number of likely N-dealkylation sites (tertiary alicyclic amines) is 1. The van der Waals surface area contributed by atoms with Crippen molar-refractivity contribution in [2.75, 3.05) is 50.6 Å². The number of carbonyl (C=O) groups excluding carboxylic acids is 2. The molecule has 2 aromatic rings. The van der Waals surface area contributed by atoms with E-state index in [1.807, 2.05) is 20.2 Å². The molecule has 0 bridgehead atoms. The molecule has 0 radical (unpaired) electrons. The molecule has 7 heterocycles. The van der Waals surface area contributed by atoms with Crippen molar-refractivity contribution in [3.05, 3.63) is 53.1 Å². The van der Waals surface area contributed by atoms with Crippen LogP contribution in [0.5, 0.6) is 17.2 Å². The Morgan fingerprint density at radius 1 is 1.00 bits per heavy atom. The number of ether oxygens (including phenoxy) is 2. The third-order valence-corrected chi connectivity index (χ3v) is 13.9. The second-order valence-electron chi connectivity index (χ2n) is 15.2. The molecule has 11 heteroatoms. The first-order chi connectivity index (χ1) is 22.5. The molecule has 5 saturated heterocycles. The average Bonchev–Trinajstić information content (AvgIpc) is 3.70. The van der Waals surface area contributed by atoms with Crippen molar-refractivity contribution in [1.82, 2.24) is 9.80 Å². The van der Waals surface area contributed by atoms with Crippen LogP contribution in [-0.2, 0) is 25.2 Å². The molecule has 5 fully saturated rings. The zero-order valence-electron chi connectivity index (χ0n) is 27.0. The summed E-state index contributed by atoms with van der Waals surface area (Å²) in [5, 5.41) is 37.1. The van der Waals surface area contributed by atoms with Gasteiger partial charge in [-0.15, -0.1) is 0 Å². The normalized spacial score (nSPS) is 40.9. The summed E-state index contributed by atoms with van der Waals surface area (Å²) >= 11 is 0. The summed E-state index contributed by atoms with van der Waals surface area (Å²) in [6.07, 6.45) is 8.41. The number of nitrogens with zero attached hydrogens (tertiary/aromatic N) is 4. The lowest BCUT2D eigenvalue weighted by Gasteiger charge is -2.59. The van der Waals surface area contributed by atoms with Gasteiger partial charge in [-0.05, 0) is 69.0 Å².